The van der Waals surface area contributed by atoms with Crippen molar-refractivity contribution in [3.8, 4) is 0 Å². The first-order chi connectivity index (χ1) is 16.2. The summed E-state index contributed by atoms with van der Waals surface area (Å²) in [5.41, 5.74) is 3.87. The topological polar surface area (TPSA) is 57.5 Å². The van der Waals surface area contributed by atoms with Gasteiger partial charge in [-0.2, -0.15) is 5.10 Å². The monoisotopic (exact) mass is 444 g/mol. The maximum Gasteiger partial charge on any atom is 0.191 e. The van der Waals surface area contributed by atoms with E-state index >= 15 is 0 Å². The first kappa shape index (κ1) is 23.1. The van der Waals surface area contributed by atoms with E-state index in [9.17, 15) is 0 Å². The van der Waals surface area contributed by atoms with E-state index in [4.69, 9.17) is 4.99 Å². The Hall–Kier alpha value is -3.12. The van der Waals surface area contributed by atoms with Crippen LogP contribution in [0.2, 0.25) is 0 Å². The number of aliphatic imine (C=N–C) groups is 1. The maximum absolute atomic E-state index is 4.93. The van der Waals surface area contributed by atoms with Gasteiger partial charge in [0.2, 0.25) is 0 Å². The molecule has 0 saturated carbocycles. The largest absolute Gasteiger partial charge is 0.357 e. The Morgan fingerprint density at radius 3 is 2.55 bits per heavy atom. The van der Waals surface area contributed by atoms with Crippen molar-refractivity contribution in [3.05, 3.63) is 89.7 Å². The van der Waals surface area contributed by atoms with Crippen LogP contribution in [-0.2, 0) is 19.6 Å². The van der Waals surface area contributed by atoms with Gasteiger partial charge < -0.3 is 10.6 Å². The van der Waals surface area contributed by atoms with Crippen LogP contribution in [0.3, 0.4) is 0 Å². The smallest absolute Gasteiger partial charge is 0.191 e. The highest BCUT2D eigenvalue weighted by Gasteiger charge is 2.26. The van der Waals surface area contributed by atoms with Crippen molar-refractivity contribution >= 4 is 5.96 Å². The van der Waals surface area contributed by atoms with Gasteiger partial charge in [-0.3, -0.25) is 9.58 Å². The van der Waals surface area contributed by atoms with Crippen molar-refractivity contribution in [1.29, 1.82) is 0 Å². The van der Waals surface area contributed by atoms with Gasteiger partial charge in [-0.25, -0.2) is 4.99 Å². The molecule has 0 aliphatic carbocycles. The molecule has 6 heteroatoms. The lowest BCUT2D eigenvalue weighted by Crippen LogP contribution is -2.51. The number of hydrogen-bond acceptors (Lipinski definition) is 3. The SMILES string of the molecule is CCNC(=NCc1ccccc1Cn1cccn1)NC1CCN(Cc2ccccc2)C(C)C1. The molecule has 2 aromatic carbocycles. The Balaban J connectivity index is 1.35. The Kier molecular flexibility index (Phi) is 8.14. The summed E-state index contributed by atoms with van der Waals surface area (Å²) < 4.78 is 1.95. The summed E-state index contributed by atoms with van der Waals surface area (Å²) in [5.74, 6) is 0.903. The summed E-state index contributed by atoms with van der Waals surface area (Å²) in [7, 11) is 0. The van der Waals surface area contributed by atoms with Gasteiger partial charge in [0.15, 0.2) is 5.96 Å². The van der Waals surface area contributed by atoms with E-state index in [1.807, 2.05) is 23.1 Å². The van der Waals surface area contributed by atoms with E-state index in [-0.39, 0.29) is 0 Å². The number of piperidine rings is 1. The minimum Gasteiger partial charge on any atom is -0.357 e. The van der Waals surface area contributed by atoms with E-state index in [2.05, 4.69) is 89.1 Å². The van der Waals surface area contributed by atoms with E-state index in [0.717, 1.165) is 45.0 Å². The Labute approximate surface area is 197 Å². The maximum atomic E-state index is 4.93. The Bertz CT molecular complexity index is 998. The van der Waals surface area contributed by atoms with Crippen LogP contribution in [0.4, 0.5) is 0 Å². The molecule has 1 fully saturated rings. The molecule has 33 heavy (non-hydrogen) atoms. The molecule has 1 aliphatic rings. The fourth-order valence-corrected chi connectivity index (χ4v) is 4.52. The lowest BCUT2D eigenvalue weighted by atomic mass is 9.97. The molecule has 2 atom stereocenters. The fraction of sp³-hybridized carbons (Fsp3) is 0.407. The van der Waals surface area contributed by atoms with Gasteiger partial charge >= 0.3 is 0 Å². The van der Waals surface area contributed by atoms with Crippen LogP contribution in [0.1, 0.15) is 43.4 Å². The molecule has 2 heterocycles. The van der Waals surface area contributed by atoms with Crippen molar-refractivity contribution in [2.45, 2.75) is 58.4 Å². The predicted octanol–water partition coefficient (Wildman–Crippen LogP) is 4.04. The zero-order valence-corrected chi connectivity index (χ0v) is 19.8. The summed E-state index contributed by atoms with van der Waals surface area (Å²) in [5, 5.41) is 11.5. The van der Waals surface area contributed by atoms with Crippen LogP contribution in [-0.4, -0.2) is 45.8 Å². The van der Waals surface area contributed by atoms with Crippen LogP contribution in [0, 0.1) is 0 Å². The number of benzene rings is 2. The molecular formula is C27H36N6. The lowest BCUT2D eigenvalue weighted by Gasteiger charge is -2.38. The number of hydrogen-bond donors (Lipinski definition) is 2. The number of likely N-dealkylation sites (tertiary alicyclic amines) is 1. The summed E-state index contributed by atoms with van der Waals surface area (Å²) in [6.45, 7) is 8.84. The third-order valence-electron chi connectivity index (χ3n) is 6.34. The molecule has 1 saturated heterocycles. The normalized spacial score (nSPS) is 19.4. The van der Waals surface area contributed by atoms with E-state index in [1.54, 1.807) is 0 Å². The number of rotatable bonds is 8. The van der Waals surface area contributed by atoms with Crippen LogP contribution in [0.5, 0.6) is 0 Å². The first-order valence-corrected chi connectivity index (χ1v) is 12.1. The minimum atomic E-state index is 0.434. The van der Waals surface area contributed by atoms with Crippen molar-refractivity contribution in [1.82, 2.24) is 25.3 Å². The first-order valence-electron chi connectivity index (χ1n) is 12.1. The van der Waals surface area contributed by atoms with Crippen LogP contribution >= 0.6 is 0 Å². The van der Waals surface area contributed by atoms with Gasteiger partial charge in [0.05, 0.1) is 13.1 Å². The summed E-state index contributed by atoms with van der Waals surface area (Å²) in [4.78, 5) is 7.52. The highest BCUT2D eigenvalue weighted by molar-refractivity contribution is 5.80. The quantitative estimate of drug-likeness (QED) is 0.407. The summed E-state index contributed by atoms with van der Waals surface area (Å²) in [6.07, 6.45) is 6.06. The van der Waals surface area contributed by atoms with Crippen molar-refractivity contribution in [2.75, 3.05) is 13.1 Å². The average Bonchev–Trinajstić information content (AvgIpc) is 3.34. The minimum absolute atomic E-state index is 0.434. The molecule has 4 rings (SSSR count). The number of aromatic nitrogens is 2. The van der Waals surface area contributed by atoms with Crippen molar-refractivity contribution in [2.24, 2.45) is 4.99 Å². The third kappa shape index (κ3) is 6.68. The second kappa shape index (κ2) is 11.7. The Morgan fingerprint density at radius 2 is 1.82 bits per heavy atom. The second-order valence-corrected chi connectivity index (χ2v) is 8.84. The molecule has 0 bridgehead atoms. The molecule has 2 unspecified atom stereocenters. The highest BCUT2D eigenvalue weighted by Crippen LogP contribution is 2.20. The molecule has 1 aromatic heterocycles. The molecule has 3 aromatic rings. The standard InChI is InChI=1S/C27H36N6/c1-3-28-27(29-19-24-12-7-8-13-25(24)21-33-16-9-15-30-33)31-26-14-17-32(22(2)18-26)20-23-10-5-4-6-11-23/h4-13,15-16,22,26H,3,14,17-21H2,1-2H3,(H2,28,29,31). The molecule has 174 valence electrons. The third-order valence-corrected chi connectivity index (χ3v) is 6.34. The van der Waals surface area contributed by atoms with E-state index < -0.39 is 0 Å². The molecule has 0 spiro atoms. The number of nitrogens with one attached hydrogen (secondary N) is 2. The molecular weight excluding hydrogens is 408 g/mol. The van der Waals surface area contributed by atoms with Crippen LogP contribution in [0.25, 0.3) is 0 Å². The Morgan fingerprint density at radius 1 is 1.03 bits per heavy atom. The lowest BCUT2D eigenvalue weighted by molar-refractivity contribution is 0.134. The van der Waals surface area contributed by atoms with Gasteiger partial charge in [-0.1, -0.05) is 54.6 Å². The van der Waals surface area contributed by atoms with Crippen molar-refractivity contribution in [3.63, 3.8) is 0 Å². The van der Waals surface area contributed by atoms with Gasteiger partial charge in [0, 0.05) is 44.1 Å². The number of nitrogens with zero attached hydrogens (tertiary/aromatic N) is 4. The highest BCUT2D eigenvalue weighted by atomic mass is 15.3. The molecule has 0 radical (unpaired) electrons. The van der Waals surface area contributed by atoms with Gasteiger partial charge in [-0.05, 0) is 49.4 Å². The molecule has 0 amide bonds. The van der Waals surface area contributed by atoms with E-state index in [0.29, 0.717) is 18.6 Å². The van der Waals surface area contributed by atoms with Crippen LogP contribution in [0.15, 0.2) is 78.0 Å². The average molecular weight is 445 g/mol. The molecule has 6 nitrogen and oxygen atoms in total. The predicted molar refractivity (Wildman–Crippen MR) is 135 cm³/mol. The van der Waals surface area contributed by atoms with Gasteiger partial charge in [-0.15, -0.1) is 0 Å². The fourth-order valence-electron chi connectivity index (χ4n) is 4.52. The molecule has 1 aliphatic heterocycles. The van der Waals surface area contributed by atoms with Crippen LogP contribution < -0.4 is 10.6 Å². The van der Waals surface area contributed by atoms with E-state index in [1.165, 1.54) is 16.7 Å². The van der Waals surface area contributed by atoms with Gasteiger partial charge in [0.25, 0.3) is 0 Å². The van der Waals surface area contributed by atoms with Gasteiger partial charge in [0.1, 0.15) is 0 Å². The summed E-state index contributed by atoms with van der Waals surface area (Å²) >= 11 is 0. The number of guanidine groups is 1. The zero-order chi connectivity index (χ0) is 22.9. The zero-order valence-electron chi connectivity index (χ0n) is 19.8. The second-order valence-electron chi connectivity index (χ2n) is 8.84. The summed E-state index contributed by atoms with van der Waals surface area (Å²) in [6, 6.07) is 22.2. The van der Waals surface area contributed by atoms with Crippen molar-refractivity contribution < 1.29 is 0 Å². The molecule has 2 N–H and O–H groups in total.